The van der Waals surface area contributed by atoms with Crippen LogP contribution in [0.25, 0.3) is 10.9 Å². The number of fused-ring (bicyclic) bond motifs is 1. The van der Waals surface area contributed by atoms with Crippen molar-refractivity contribution in [2.24, 2.45) is 7.05 Å². The summed E-state index contributed by atoms with van der Waals surface area (Å²) in [6.45, 7) is 1.94. The van der Waals surface area contributed by atoms with Gasteiger partial charge in [0.2, 0.25) is 0 Å². The average Bonchev–Trinajstić information content (AvgIpc) is 2.78. The molecule has 0 fully saturated rings. The van der Waals surface area contributed by atoms with Gasteiger partial charge in [-0.25, -0.2) is 0 Å². The predicted octanol–water partition coefficient (Wildman–Crippen LogP) is 2.36. The lowest BCUT2D eigenvalue weighted by molar-refractivity contribution is 0.219. The first-order valence-corrected chi connectivity index (χ1v) is 6.18. The SMILES string of the molecule is Cc1c(C(O)c2cnc3ccccc3c2)cnn1C. The topological polar surface area (TPSA) is 50.9 Å². The number of aromatic nitrogens is 3. The van der Waals surface area contributed by atoms with Crippen LogP contribution in [0.1, 0.15) is 22.9 Å². The molecule has 2 heterocycles. The summed E-state index contributed by atoms with van der Waals surface area (Å²) in [5.41, 5.74) is 3.50. The van der Waals surface area contributed by atoms with Crippen molar-refractivity contribution in [3.63, 3.8) is 0 Å². The van der Waals surface area contributed by atoms with Gasteiger partial charge < -0.3 is 5.11 Å². The maximum Gasteiger partial charge on any atom is 0.109 e. The fourth-order valence-electron chi connectivity index (χ4n) is 2.20. The zero-order chi connectivity index (χ0) is 13.4. The highest BCUT2D eigenvalue weighted by molar-refractivity contribution is 5.78. The Hall–Kier alpha value is -2.20. The second-order valence-corrected chi connectivity index (χ2v) is 4.67. The van der Waals surface area contributed by atoms with E-state index >= 15 is 0 Å². The molecule has 0 aliphatic carbocycles. The number of hydrogen-bond acceptors (Lipinski definition) is 3. The number of rotatable bonds is 2. The van der Waals surface area contributed by atoms with E-state index in [4.69, 9.17) is 0 Å². The molecule has 2 aromatic heterocycles. The van der Waals surface area contributed by atoms with Gasteiger partial charge in [0.05, 0.1) is 11.7 Å². The molecule has 0 bridgehead atoms. The first-order chi connectivity index (χ1) is 9.16. The Balaban J connectivity index is 2.06. The first-order valence-electron chi connectivity index (χ1n) is 6.18. The van der Waals surface area contributed by atoms with E-state index in [9.17, 15) is 5.11 Å². The molecule has 19 heavy (non-hydrogen) atoms. The lowest BCUT2D eigenvalue weighted by Gasteiger charge is -2.11. The van der Waals surface area contributed by atoms with Crippen LogP contribution >= 0.6 is 0 Å². The summed E-state index contributed by atoms with van der Waals surface area (Å²) in [4.78, 5) is 4.38. The summed E-state index contributed by atoms with van der Waals surface area (Å²) < 4.78 is 1.76. The summed E-state index contributed by atoms with van der Waals surface area (Å²) in [5.74, 6) is 0. The molecule has 1 N–H and O–H groups in total. The maximum absolute atomic E-state index is 10.5. The normalized spacial score (nSPS) is 12.8. The van der Waals surface area contributed by atoms with Gasteiger partial charge in [-0.2, -0.15) is 5.10 Å². The first kappa shape index (κ1) is 11.9. The Morgan fingerprint density at radius 2 is 2.00 bits per heavy atom. The number of aliphatic hydroxyl groups excluding tert-OH is 1. The van der Waals surface area contributed by atoms with Crippen molar-refractivity contribution >= 4 is 10.9 Å². The molecular formula is C15H15N3O. The molecule has 1 unspecified atom stereocenters. The van der Waals surface area contributed by atoms with Crippen LogP contribution in [0, 0.1) is 6.92 Å². The zero-order valence-corrected chi connectivity index (χ0v) is 10.9. The van der Waals surface area contributed by atoms with Crippen LogP contribution in [0.3, 0.4) is 0 Å². The van der Waals surface area contributed by atoms with Crippen LogP contribution in [0.2, 0.25) is 0 Å². The highest BCUT2D eigenvalue weighted by Gasteiger charge is 2.16. The minimum absolute atomic E-state index is 0.689. The Bertz CT molecular complexity index is 733. The molecule has 96 valence electrons. The van der Waals surface area contributed by atoms with Crippen molar-refractivity contribution < 1.29 is 5.11 Å². The van der Waals surface area contributed by atoms with Gasteiger partial charge in [0.25, 0.3) is 0 Å². The van der Waals surface area contributed by atoms with Crippen molar-refractivity contribution in [3.05, 3.63) is 59.5 Å². The largest absolute Gasteiger partial charge is 0.383 e. The number of aliphatic hydroxyl groups is 1. The molecule has 0 amide bonds. The van der Waals surface area contributed by atoms with E-state index in [-0.39, 0.29) is 0 Å². The van der Waals surface area contributed by atoms with Gasteiger partial charge in [0, 0.05) is 35.5 Å². The average molecular weight is 253 g/mol. The van der Waals surface area contributed by atoms with Crippen molar-refractivity contribution in [2.45, 2.75) is 13.0 Å². The molecule has 3 aromatic rings. The van der Waals surface area contributed by atoms with Crippen molar-refractivity contribution in [1.82, 2.24) is 14.8 Å². The van der Waals surface area contributed by atoms with Gasteiger partial charge in [0.15, 0.2) is 0 Å². The Kier molecular flexibility index (Phi) is 2.80. The van der Waals surface area contributed by atoms with Gasteiger partial charge in [-0.1, -0.05) is 18.2 Å². The molecular weight excluding hydrogens is 238 g/mol. The summed E-state index contributed by atoms with van der Waals surface area (Å²) in [7, 11) is 1.87. The molecule has 0 spiro atoms. The standard InChI is InChI=1S/C15H15N3O/c1-10-13(9-17-18(10)2)15(19)12-7-11-5-3-4-6-14(11)16-8-12/h3-9,15,19H,1-2H3. The minimum atomic E-state index is -0.689. The molecule has 0 aliphatic heterocycles. The zero-order valence-electron chi connectivity index (χ0n) is 10.9. The molecule has 0 aliphatic rings. The molecule has 4 heteroatoms. The summed E-state index contributed by atoms with van der Waals surface area (Å²) in [5, 5.41) is 15.6. The molecule has 0 saturated carbocycles. The number of hydrogen-bond donors (Lipinski definition) is 1. The molecule has 1 aromatic carbocycles. The summed E-state index contributed by atoms with van der Waals surface area (Å²) >= 11 is 0. The van der Waals surface area contributed by atoms with E-state index in [2.05, 4.69) is 10.1 Å². The van der Waals surface area contributed by atoms with Gasteiger partial charge in [0.1, 0.15) is 6.10 Å². The van der Waals surface area contributed by atoms with Gasteiger partial charge in [-0.3, -0.25) is 9.67 Å². The van der Waals surface area contributed by atoms with E-state index in [1.807, 2.05) is 44.3 Å². The quantitative estimate of drug-likeness (QED) is 0.762. The van der Waals surface area contributed by atoms with Gasteiger partial charge in [-0.05, 0) is 19.1 Å². The maximum atomic E-state index is 10.5. The van der Waals surface area contributed by atoms with Crippen LogP contribution in [-0.4, -0.2) is 19.9 Å². The third-order valence-corrected chi connectivity index (χ3v) is 3.50. The molecule has 1 atom stereocenters. The number of aryl methyl sites for hydroxylation is 1. The fraction of sp³-hybridized carbons (Fsp3) is 0.200. The van der Waals surface area contributed by atoms with Crippen LogP contribution in [0.15, 0.2) is 42.7 Å². The molecule has 3 rings (SSSR count). The van der Waals surface area contributed by atoms with E-state index in [0.29, 0.717) is 0 Å². The number of pyridine rings is 1. The van der Waals surface area contributed by atoms with E-state index in [1.54, 1.807) is 17.1 Å². The Labute approximate surface area is 111 Å². The third kappa shape index (κ3) is 2.00. The van der Waals surface area contributed by atoms with Gasteiger partial charge >= 0.3 is 0 Å². The van der Waals surface area contributed by atoms with Crippen LogP contribution in [0.5, 0.6) is 0 Å². The third-order valence-electron chi connectivity index (χ3n) is 3.50. The van der Waals surface area contributed by atoms with Crippen molar-refractivity contribution in [3.8, 4) is 0 Å². The van der Waals surface area contributed by atoms with E-state index in [0.717, 1.165) is 27.7 Å². The predicted molar refractivity (Wildman–Crippen MR) is 73.7 cm³/mol. The van der Waals surface area contributed by atoms with Crippen LogP contribution < -0.4 is 0 Å². The Morgan fingerprint density at radius 1 is 1.21 bits per heavy atom. The Morgan fingerprint density at radius 3 is 2.74 bits per heavy atom. The summed E-state index contributed by atoms with van der Waals surface area (Å²) in [6.07, 6.45) is 2.74. The molecule has 0 radical (unpaired) electrons. The number of nitrogens with zero attached hydrogens (tertiary/aromatic N) is 3. The number of benzene rings is 1. The fourth-order valence-corrected chi connectivity index (χ4v) is 2.20. The lowest BCUT2D eigenvalue weighted by atomic mass is 10.0. The van der Waals surface area contributed by atoms with Crippen molar-refractivity contribution in [2.75, 3.05) is 0 Å². The number of para-hydroxylation sites is 1. The second-order valence-electron chi connectivity index (χ2n) is 4.67. The lowest BCUT2D eigenvalue weighted by Crippen LogP contribution is -2.02. The minimum Gasteiger partial charge on any atom is -0.383 e. The molecule has 0 saturated heterocycles. The van der Waals surface area contributed by atoms with E-state index < -0.39 is 6.10 Å². The monoisotopic (exact) mass is 253 g/mol. The molecule has 4 nitrogen and oxygen atoms in total. The van der Waals surface area contributed by atoms with E-state index in [1.165, 1.54) is 0 Å². The highest BCUT2D eigenvalue weighted by atomic mass is 16.3. The summed E-state index contributed by atoms with van der Waals surface area (Å²) in [6, 6.07) is 9.85. The smallest absolute Gasteiger partial charge is 0.109 e. The van der Waals surface area contributed by atoms with Crippen LogP contribution in [-0.2, 0) is 7.05 Å². The van der Waals surface area contributed by atoms with Crippen LogP contribution in [0.4, 0.5) is 0 Å². The van der Waals surface area contributed by atoms with Gasteiger partial charge in [-0.15, -0.1) is 0 Å². The highest BCUT2D eigenvalue weighted by Crippen LogP contribution is 2.25. The second kappa shape index (κ2) is 4.48. The van der Waals surface area contributed by atoms with Crippen molar-refractivity contribution in [1.29, 1.82) is 0 Å².